The number of urea groups is 1. The molecule has 0 radical (unpaired) electrons. The van der Waals surface area contributed by atoms with Gasteiger partial charge in [0.05, 0.1) is 0 Å². The fourth-order valence-corrected chi connectivity index (χ4v) is 1.79. The maximum absolute atomic E-state index is 11.1. The topological polar surface area (TPSA) is 76.3 Å². The molecule has 1 aromatic carbocycles. The average molecular weight is 243 g/mol. The SMILES string of the molecule is Cc1nc(N(C)C(N)=O)cc2cc(C=O)ccc12. The van der Waals surface area contributed by atoms with Crippen LogP contribution in [-0.2, 0) is 0 Å². The zero-order valence-corrected chi connectivity index (χ0v) is 10.2. The second-order valence-corrected chi connectivity index (χ2v) is 4.06. The van der Waals surface area contributed by atoms with E-state index >= 15 is 0 Å². The van der Waals surface area contributed by atoms with Gasteiger partial charge in [0.15, 0.2) is 0 Å². The first-order valence-corrected chi connectivity index (χ1v) is 5.42. The molecule has 0 atom stereocenters. The Bertz CT molecular complexity index is 637. The lowest BCUT2D eigenvalue weighted by molar-refractivity contribution is 0.112. The summed E-state index contributed by atoms with van der Waals surface area (Å²) >= 11 is 0. The number of carbonyl (C=O) groups excluding carboxylic acids is 2. The van der Waals surface area contributed by atoms with Crippen LogP contribution in [0.2, 0.25) is 0 Å². The number of amides is 2. The van der Waals surface area contributed by atoms with Gasteiger partial charge in [0.2, 0.25) is 0 Å². The number of hydrogen-bond acceptors (Lipinski definition) is 3. The highest BCUT2D eigenvalue weighted by Gasteiger charge is 2.10. The molecule has 0 bridgehead atoms. The number of carbonyl (C=O) groups is 2. The molecule has 0 fully saturated rings. The monoisotopic (exact) mass is 243 g/mol. The summed E-state index contributed by atoms with van der Waals surface area (Å²) in [6, 6.07) is 6.50. The minimum atomic E-state index is -0.576. The Hall–Kier alpha value is -2.43. The first-order valence-electron chi connectivity index (χ1n) is 5.42. The summed E-state index contributed by atoms with van der Waals surface area (Å²) in [4.78, 5) is 27.5. The Balaban J connectivity index is 2.65. The smallest absolute Gasteiger partial charge is 0.320 e. The molecule has 5 heteroatoms. The van der Waals surface area contributed by atoms with E-state index in [0.717, 1.165) is 22.8 Å². The van der Waals surface area contributed by atoms with Crippen LogP contribution in [0.5, 0.6) is 0 Å². The van der Waals surface area contributed by atoms with E-state index < -0.39 is 6.03 Å². The van der Waals surface area contributed by atoms with Crippen LogP contribution in [-0.4, -0.2) is 24.3 Å². The van der Waals surface area contributed by atoms with Crippen molar-refractivity contribution in [3.8, 4) is 0 Å². The number of fused-ring (bicyclic) bond motifs is 1. The molecule has 2 aromatic rings. The average Bonchev–Trinajstić information content (AvgIpc) is 2.36. The number of aldehydes is 1. The number of primary amides is 1. The van der Waals surface area contributed by atoms with E-state index in [9.17, 15) is 9.59 Å². The predicted molar refractivity (Wildman–Crippen MR) is 69.9 cm³/mol. The third-order valence-corrected chi connectivity index (χ3v) is 2.84. The molecule has 0 aliphatic rings. The van der Waals surface area contributed by atoms with E-state index in [0.29, 0.717) is 11.4 Å². The summed E-state index contributed by atoms with van der Waals surface area (Å²) in [5, 5.41) is 1.80. The molecule has 0 aliphatic carbocycles. The van der Waals surface area contributed by atoms with Gasteiger partial charge < -0.3 is 5.73 Å². The lowest BCUT2D eigenvalue weighted by atomic mass is 10.1. The Morgan fingerprint density at radius 2 is 2.11 bits per heavy atom. The number of rotatable bonds is 2. The Morgan fingerprint density at radius 3 is 2.72 bits per heavy atom. The van der Waals surface area contributed by atoms with Crippen LogP contribution in [0.3, 0.4) is 0 Å². The second kappa shape index (κ2) is 4.44. The zero-order valence-electron chi connectivity index (χ0n) is 10.2. The van der Waals surface area contributed by atoms with Gasteiger partial charge in [-0.15, -0.1) is 0 Å². The van der Waals surface area contributed by atoms with E-state index in [-0.39, 0.29) is 0 Å². The van der Waals surface area contributed by atoms with Crippen molar-refractivity contribution in [1.29, 1.82) is 0 Å². The molecular weight excluding hydrogens is 230 g/mol. The predicted octanol–water partition coefficient (Wildman–Crippen LogP) is 1.87. The van der Waals surface area contributed by atoms with Crippen molar-refractivity contribution < 1.29 is 9.59 Å². The minimum Gasteiger partial charge on any atom is -0.351 e. The van der Waals surface area contributed by atoms with Crippen LogP contribution in [0.15, 0.2) is 24.3 Å². The van der Waals surface area contributed by atoms with Gasteiger partial charge in [0.25, 0.3) is 0 Å². The molecule has 0 saturated heterocycles. The number of aryl methyl sites for hydroxylation is 1. The van der Waals surface area contributed by atoms with Crippen molar-refractivity contribution in [2.45, 2.75) is 6.92 Å². The summed E-state index contributed by atoms with van der Waals surface area (Å²) in [5.74, 6) is 0.468. The number of hydrogen-bond donors (Lipinski definition) is 1. The highest BCUT2D eigenvalue weighted by atomic mass is 16.2. The number of aromatic nitrogens is 1. The quantitative estimate of drug-likeness (QED) is 0.818. The first-order chi connectivity index (χ1) is 8.52. The zero-order chi connectivity index (χ0) is 13.3. The van der Waals surface area contributed by atoms with E-state index in [2.05, 4.69) is 4.98 Å². The molecule has 0 spiro atoms. The van der Waals surface area contributed by atoms with E-state index in [1.165, 1.54) is 4.90 Å². The first kappa shape index (κ1) is 12.0. The Morgan fingerprint density at radius 1 is 1.39 bits per heavy atom. The van der Waals surface area contributed by atoms with Crippen molar-refractivity contribution in [2.75, 3.05) is 11.9 Å². The summed E-state index contributed by atoms with van der Waals surface area (Å²) in [5.41, 5.74) is 6.58. The Kier molecular flexibility index (Phi) is 2.97. The molecule has 2 amide bonds. The summed E-state index contributed by atoms with van der Waals surface area (Å²) in [6.07, 6.45) is 0.784. The van der Waals surface area contributed by atoms with Gasteiger partial charge in [0.1, 0.15) is 12.1 Å². The number of nitrogens with zero attached hydrogens (tertiary/aromatic N) is 2. The molecule has 2 N–H and O–H groups in total. The van der Waals surface area contributed by atoms with Crippen LogP contribution in [0.25, 0.3) is 10.8 Å². The number of benzene rings is 1. The third-order valence-electron chi connectivity index (χ3n) is 2.84. The maximum atomic E-state index is 11.1. The summed E-state index contributed by atoms with van der Waals surface area (Å²) < 4.78 is 0. The van der Waals surface area contributed by atoms with Crippen molar-refractivity contribution in [3.05, 3.63) is 35.5 Å². The number of pyridine rings is 1. The molecule has 0 aliphatic heterocycles. The van der Waals surface area contributed by atoms with Crippen LogP contribution in [0.4, 0.5) is 10.6 Å². The minimum absolute atomic E-state index is 0.468. The van der Waals surface area contributed by atoms with Crippen LogP contribution < -0.4 is 10.6 Å². The third kappa shape index (κ3) is 2.02. The van der Waals surface area contributed by atoms with Gasteiger partial charge in [-0.1, -0.05) is 12.1 Å². The molecule has 18 heavy (non-hydrogen) atoms. The highest BCUT2D eigenvalue weighted by molar-refractivity contribution is 5.95. The molecule has 1 heterocycles. The van der Waals surface area contributed by atoms with Crippen molar-refractivity contribution >= 4 is 28.9 Å². The number of anilines is 1. The molecule has 2 rings (SSSR count). The van der Waals surface area contributed by atoms with Gasteiger partial charge in [-0.3, -0.25) is 9.69 Å². The van der Waals surface area contributed by atoms with E-state index in [4.69, 9.17) is 5.73 Å². The molecule has 5 nitrogen and oxygen atoms in total. The molecular formula is C13H13N3O2. The lowest BCUT2D eigenvalue weighted by Gasteiger charge is -2.15. The fourth-order valence-electron chi connectivity index (χ4n) is 1.79. The van der Waals surface area contributed by atoms with E-state index in [1.54, 1.807) is 25.2 Å². The van der Waals surface area contributed by atoms with Crippen molar-refractivity contribution in [2.24, 2.45) is 5.73 Å². The normalized spacial score (nSPS) is 10.3. The maximum Gasteiger partial charge on any atom is 0.320 e. The van der Waals surface area contributed by atoms with Gasteiger partial charge in [0, 0.05) is 23.7 Å². The molecule has 1 aromatic heterocycles. The lowest BCUT2D eigenvalue weighted by Crippen LogP contribution is -2.32. The molecule has 0 saturated carbocycles. The van der Waals surface area contributed by atoms with Gasteiger partial charge >= 0.3 is 6.03 Å². The standard InChI is InChI=1S/C13H13N3O2/c1-8-11-4-3-9(7-17)5-10(11)6-12(15-8)16(2)13(14)18/h3-7H,1-2H3,(H2,14,18). The second-order valence-electron chi connectivity index (χ2n) is 4.06. The fraction of sp³-hybridized carbons (Fsp3) is 0.154. The highest BCUT2D eigenvalue weighted by Crippen LogP contribution is 2.23. The summed E-state index contributed by atoms with van der Waals surface area (Å²) in [7, 11) is 1.56. The molecule has 92 valence electrons. The molecule has 0 unspecified atom stereocenters. The van der Waals surface area contributed by atoms with Crippen LogP contribution in [0.1, 0.15) is 16.1 Å². The van der Waals surface area contributed by atoms with Crippen molar-refractivity contribution in [1.82, 2.24) is 4.98 Å². The van der Waals surface area contributed by atoms with E-state index in [1.807, 2.05) is 13.0 Å². The number of nitrogens with two attached hydrogens (primary N) is 1. The summed E-state index contributed by atoms with van der Waals surface area (Å²) in [6.45, 7) is 1.85. The van der Waals surface area contributed by atoms with Crippen LogP contribution >= 0.6 is 0 Å². The Labute approximate surface area is 104 Å². The van der Waals surface area contributed by atoms with Gasteiger partial charge in [-0.25, -0.2) is 9.78 Å². The largest absolute Gasteiger partial charge is 0.351 e. The van der Waals surface area contributed by atoms with Gasteiger partial charge in [-0.05, 0) is 24.4 Å². The van der Waals surface area contributed by atoms with Crippen molar-refractivity contribution in [3.63, 3.8) is 0 Å². The van der Waals surface area contributed by atoms with Gasteiger partial charge in [-0.2, -0.15) is 0 Å². The van der Waals surface area contributed by atoms with Crippen LogP contribution in [0, 0.1) is 6.92 Å².